The van der Waals surface area contributed by atoms with Crippen LogP contribution in [-0.2, 0) is 0 Å². The molecule has 1 nitrogen and oxygen atoms in total. The van der Waals surface area contributed by atoms with Crippen molar-refractivity contribution in [2.75, 3.05) is 18.8 Å². The molecular formula is C11H14ClNS. The summed E-state index contributed by atoms with van der Waals surface area (Å²) in [7, 11) is 0. The van der Waals surface area contributed by atoms with Crippen LogP contribution >= 0.6 is 23.4 Å². The maximum Gasteiger partial charge on any atom is 0.0449 e. The largest absolute Gasteiger partial charge is 0.316 e. The van der Waals surface area contributed by atoms with Crippen molar-refractivity contribution in [3.8, 4) is 0 Å². The summed E-state index contributed by atoms with van der Waals surface area (Å²) >= 11 is 8.18. The maximum absolute atomic E-state index is 6.18. The third-order valence-electron chi connectivity index (χ3n) is 2.43. The molecule has 0 aromatic heterocycles. The van der Waals surface area contributed by atoms with E-state index in [4.69, 9.17) is 11.6 Å². The van der Waals surface area contributed by atoms with Crippen LogP contribution in [0.5, 0.6) is 0 Å². The third kappa shape index (κ3) is 2.44. The Balaban J connectivity index is 2.16. The first kappa shape index (κ1) is 10.3. The fourth-order valence-corrected chi connectivity index (χ4v) is 3.24. The van der Waals surface area contributed by atoms with Crippen LogP contribution in [0.15, 0.2) is 24.3 Å². The van der Waals surface area contributed by atoms with Gasteiger partial charge in [-0.3, -0.25) is 0 Å². The van der Waals surface area contributed by atoms with Crippen LogP contribution in [0.3, 0.4) is 0 Å². The minimum atomic E-state index is 0.568. The quantitative estimate of drug-likeness (QED) is 0.792. The van der Waals surface area contributed by atoms with Gasteiger partial charge in [0.05, 0.1) is 0 Å². The molecule has 0 spiro atoms. The predicted octanol–water partition coefficient (Wildman–Crippen LogP) is 3.11. The molecule has 1 saturated heterocycles. The van der Waals surface area contributed by atoms with E-state index in [1.807, 2.05) is 23.9 Å². The first-order valence-corrected chi connectivity index (χ1v) is 6.37. The van der Waals surface area contributed by atoms with Gasteiger partial charge in [-0.05, 0) is 24.6 Å². The molecule has 1 atom stereocenters. The smallest absolute Gasteiger partial charge is 0.0449 e. The highest BCUT2D eigenvalue weighted by atomic mass is 35.5. The molecule has 1 aliphatic heterocycles. The maximum atomic E-state index is 6.18. The van der Waals surface area contributed by atoms with Gasteiger partial charge in [0.15, 0.2) is 0 Å². The van der Waals surface area contributed by atoms with Crippen LogP contribution in [0.1, 0.15) is 17.2 Å². The monoisotopic (exact) mass is 227 g/mol. The zero-order chi connectivity index (χ0) is 9.80. The molecule has 1 aromatic rings. The van der Waals surface area contributed by atoms with Crippen molar-refractivity contribution in [1.82, 2.24) is 5.32 Å². The number of hydrogen-bond acceptors (Lipinski definition) is 2. The Morgan fingerprint density at radius 2 is 2.14 bits per heavy atom. The lowest BCUT2D eigenvalue weighted by molar-refractivity contribution is 0.687. The van der Waals surface area contributed by atoms with Crippen molar-refractivity contribution < 1.29 is 0 Å². The SMILES string of the molecule is Clc1ccccc1[C@H]1CCNCCS1. The van der Waals surface area contributed by atoms with E-state index >= 15 is 0 Å². The van der Waals surface area contributed by atoms with Crippen molar-refractivity contribution in [3.63, 3.8) is 0 Å². The number of thioether (sulfide) groups is 1. The summed E-state index contributed by atoms with van der Waals surface area (Å²) in [6.45, 7) is 2.22. The Hall–Kier alpha value is -0.180. The minimum absolute atomic E-state index is 0.568. The van der Waals surface area contributed by atoms with Crippen molar-refractivity contribution in [2.45, 2.75) is 11.7 Å². The van der Waals surface area contributed by atoms with E-state index in [0.29, 0.717) is 5.25 Å². The fourth-order valence-electron chi connectivity index (χ4n) is 1.70. The summed E-state index contributed by atoms with van der Waals surface area (Å²) in [5.74, 6) is 1.18. The topological polar surface area (TPSA) is 12.0 Å². The van der Waals surface area contributed by atoms with E-state index in [1.54, 1.807) is 0 Å². The summed E-state index contributed by atoms with van der Waals surface area (Å²) in [5, 5.41) is 4.88. The van der Waals surface area contributed by atoms with Gasteiger partial charge in [0.2, 0.25) is 0 Å². The molecule has 2 rings (SSSR count). The van der Waals surface area contributed by atoms with Crippen LogP contribution in [0.2, 0.25) is 5.02 Å². The first-order valence-electron chi connectivity index (χ1n) is 4.94. The second-order valence-electron chi connectivity index (χ2n) is 3.42. The molecule has 1 aliphatic rings. The molecule has 0 amide bonds. The van der Waals surface area contributed by atoms with Gasteiger partial charge < -0.3 is 5.32 Å². The van der Waals surface area contributed by atoms with Crippen molar-refractivity contribution in [3.05, 3.63) is 34.9 Å². The van der Waals surface area contributed by atoms with Crippen LogP contribution in [-0.4, -0.2) is 18.8 Å². The van der Waals surface area contributed by atoms with Gasteiger partial charge in [0.1, 0.15) is 0 Å². The highest BCUT2D eigenvalue weighted by molar-refractivity contribution is 7.99. The molecule has 14 heavy (non-hydrogen) atoms. The Bertz CT molecular complexity index is 295. The number of nitrogens with one attached hydrogen (secondary N) is 1. The van der Waals surface area contributed by atoms with E-state index in [0.717, 1.165) is 18.1 Å². The Morgan fingerprint density at radius 3 is 3.00 bits per heavy atom. The van der Waals surface area contributed by atoms with Crippen LogP contribution in [0.4, 0.5) is 0 Å². The van der Waals surface area contributed by atoms with Gasteiger partial charge in [0, 0.05) is 22.6 Å². The van der Waals surface area contributed by atoms with Gasteiger partial charge in [-0.15, -0.1) is 0 Å². The summed E-state index contributed by atoms with van der Waals surface area (Å²) < 4.78 is 0. The molecule has 1 heterocycles. The molecule has 1 fully saturated rings. The molecule has 3 heteroatoms. The number of benzene rings is 1. The van der Waals surface area contributed by atoms with Crippen molar-refractivity contribution in [1.29, 1.82) is 0 Å². The van der Waals surface area contributed by atoms with E-state index in [1.165, 1.54) is 17.7 Å². The van der Waals surface area contributed by atoms with Gasteiger partial charge >= 0.3 is 0 Å². The average molecular weight is 228 g/mol. The van der Waals surface area contributed by atoms with Gasteiger partial charge in [-0.2, -0.15) is 11.8 Å². The molecule has 1 N–H and O–H groups in total. The molecule has 0 radical (unpaired) electrons. The fraction of sp³-hybridized carbons (Fsp3) is 0.455. The van der Waals surface area contributed by atoms with Crippen LogP contribution < -0.4 is 5.32 Å². The average Bonchev–Trinajstić information content (AvgIpc) is 2.47. The molecular weight excluding hydrogens is 214 g/mol. The summed E-state index contributed by atoms with van der Waals surface area (Å²) in [6.07, 6.45) is 1.18. The first-order chi connectivity index (χ1) is 6.88. The zero-order valence-electron chi connectivity index (χ0n) is 8.00. The number of rotatable bonds is 1. The molecule has 1 aromatic carbocycles. The van der Waals surface area contributed by atoms with E-state index < -0.39 is 0 Å². The highest BCUT2D eigenvalue weighted by Crippen LogP contribution is 2.36. The van der Waals surface area contributed by atoms with E-state index in [9.17, 15) is 0 Å². The van der Waals surface area contributed by atoms with Gasteiger partial charge in [0.25, 0.3) is 0 Å². The highest BCUT2D eigenvalue weighted by Gasteiger charge is 2.16. The lowest BCUT2D eigenvalue weighted by Gasteiger charge is -2.14. The van der Waals surface area contributed by atoms with Crippen molar-refractivity contribution in [2.24, 2.45) is 0 Å². The van der Waals surface area contributed by atoms with Gasteiger partial charge in [-0.1, -0.05) is 29.8 Å². The normalized spacial score (nSPS) is 23.1. The summed E-state index contributed by atoms with van der Waals surface area (Å²) in [6, 6.07) is 8.19. The number of hydrogen-bond donors (Lipinski definition) is 1. The zero-order valence-corrected chi connectivity index (χ0v) is 9.57. The lowest BCUT2D eigenvalue weighted by atomic mass is 10.1. The number of halogens is 1. The molecule has 0 unspecified atom stereocenters. The van der Waals surface area contributed by atoms with Crippen molar-refractivity contribution >= 4 is 23.4 Å². The summed E-state index contributed by atoms with van der Waals surface area (Å²) in [4.78, 5) is 0. The molecule has 0 saturated carbocycles. The van der Waals surface area contributed by atoms with E-state index in [2.05, 4.69) is 17.4 Å². The summed E-state index contributed by atoms with van der Waals surface area (Å²) in [5.41, 5.74) is 1.29. The standard InChI is InChI=1S/C11H14ClNS/c12-10-4-2-1-3-9(10)11-5-6-13-7-8-14-11/h1-4,11,13H,5-8H2/t11-/m1/s1. The molecule has 0 bridgehead atoms. The Labute approximate surface area is 94.2 Å². The lowest BCUT2D eigenvalue weighted by Crippen LogP contribution is -2.15. The molecule has 76 valence electrons. The second-order valence-corrected chi connectivity index (χ2v) is 5.14. The van der Waals surface area contributed by atoms with Gasteiger partial charge in [-0.25, -0.2) is 0 Å². The Morgan fingerprint density at radius 1 is 1.29 bits per heavy atom. The van der Waals surface area contributed by atoms with Crippen LogP contribution in [0, 0.1) is 0 Å². The Kier molecular flexibility index (Phi) is 3.74. The van der Waals surface area contributed by atoms with Crippen LogP contribution in [0.25, 0.3) is 0 Å². The second kappa shape index (κ2) is 5.06. The third-order valence-corrected chi connectivity index (χ3v) is 4.11. The minimum Gasteiger partial charge on any atom is -0.316 e. The predicted molar refractivity (Wildman–Crippen MR) is 64.1 cm³/mol. The van der Waals surface area contributed by atoms with E-state index in [-0.39, 0.29) is 0 Å². The molecule has 0 aliphatic carbocycles.